The highest BCUT2D eigenvalue weighted by atomic mass is 35.5. The molecule has 0 amide bonds. The van der Waals surface area contributed by atoms with Crippen LogP contribution >= 0.6 is 22.9 Å². The van der Waals surface area contributed by atoms with Crippen LogP contribution in [0.25, 0.3) is 41.7 Å². The lowest BCUT2D eigenvalue weighted by Crippen LogP contribution is -2.10. The summed E-state index contributed by atoms with van der Waals surface area (Å²) >= 11 is 8.60. The number of hydrogen-bond acceptors (Lipinski definition) is 2. The van der Waals surface area contributed by atoms with Gasteiger partial charge in [0.2, 0.25) is 0 Å². The van der Waals surface area contributed by atoms with Crippen molar-refractivity contribution in [2.75, 3.05) is 4.90 Å². The number of rotatable bonds is 3. The van der Waals surface area contributed by atoms with E-state index < -0.39 is 0 Å². The molecular weight excluding hydrogens is 466 g/mol. The Balaban J connectivity index is 1.71. The first-order chi connectivity index (χ1) is 17.3. The quantitative estimate of drug-likeness (QED) is 0.225. The number of anilines is 3. The predicted molar refractivity (Wildman–Crippen MR) is 154 cm³/mol. The van der Waals surface area contributed by atoms with Crippen molar-refractivity contribution in [2.24, 2.45) is 0 Å². The third-order valence-corrected chi connectivity index (χ3v) is 8.13. The van der Waals surface area contributed by atoms with Crippen LogP contribution in [0, 0.1) is 0 Å². The molecule has 1 nitrogen and oxygen atoms in total. The molecule has 0 saturated heterocycles. The molecule has 0 N–H and O–H groups in total. The first-order valence-electron chi connectivity index (χ1n) is 11.6. The topological polar surface area (TPSA) is 3.24 Å². The normalized spacial score (nSPS) is 11.6. The van der Waals surface area contributed by atoms with E-state index in [4.69, 9.17) is 11.6 Å². The minimum absolute atomic E-state index is 0.797. The number of hydrogen-bond donors (Lipinski definition) is 0. The second kappa shape index (κ2) is 8.13. The predicted octanol–water partition coefficient (Wildman–Crippen LogP) is 10.5. The summed E-state index contributed by atoms with van der Waals surface area (Å²) in [5.74, 6) is 0. The van der Waals surface area contributed by atoms with Crippen molar-refractivity contribution in [2.45, 2.75) is 0 Å². The lowest BCUT2D eigenvalue weighted by atomic mass is 9.98. The summed E-state index contributed by atoms with van der Waals surface area (Å²) in [7, 11) is 0. The monoisotopic (exact) mass is 485 g/mol. The van der Waals surface area contributed by atoms with E-state index in [1.165, 1.54) is 42.0 Å². The second-order valence-corrected chi connectivity index (χ2v) is 10.2. The maximum atomic E-state index is 6.78. The Labute approximate surface area is 212 Å². The van der Waals surface area contributed by atoms with E-state index in [0.29, 0.717) is 0 Å². The molecule has 35 heavy (non-hydrogen) atoms. The van der Waals surface area contributed by atoms with Crippen LogP contribution in [-0.4, -0.2) is 0 Å². The van der Waals surface area contributed by atoms with Crippen LogP contribution in [0.3, 0.4) is 0 Å². The van der Waals surface area contributed by atoms with E-state index in [2.05, 4.69) is 114 Å². The Kier molecular flexibility index (Phi) is 4.76. The summed E-state index contributed by atoms with van der Waals surface area (Å²) in [5, 5.41) is 8.04. The van der Waals surface area contributed by atoms with E-state index in [-0.39, 0.29) is 0 Å². The molecule has 6 aromatic carbocycles. The van der Waals surface area contributed by atoms with Crippen LogP contribution in [0.15, 0.2) is 121 Å². The van der Waals surface area contributed by atoms with Crippen LogP contribution in [0.4, 0.5) is 17.1 Å². The van der Waals surface area contributed by atoms with Gasteiger partial charge in [0, 0.05) is 37.3 Å². The first-order valence-corrected chi connectivity index (χ1v) is 12.8. The minimum atomic E-state index is 0.797. The van der Waals surface area contributed by atoms with Crippen LogP contribution in [0.5, 0.6) is 0 Å². The van der Waals surface area contributed by atoms with Gasteiger partial charge in [0.25, 0.3) is 0 Å². The standard InChI is InChI=1S/C32H20ClNS/c33-28-16-9-17-29-30(28)27-20-23-18-21-10-7-8-11-22(21)19-26(23)31(32(27)35-29)34(24-12-3-1-4-13-24)25-14-5-2-6-15-25/h1-20H. The molecule has 0 fully saturated rings. The molecule has 7 rings (SSSR count). The minimum Gasteiger partial charge on any atom is -0.308 e. The zero-order valence-electron chi connectivity index (χ0n) is 18.8. The van der Waals surface area contributed by atoms with Crippen molar-refractivity contribution in [1.29, 1.82) is 0 Å². The molecule has 3 heteroatoms. The fraction of sp³-hybridized carbons (Fsp3) is 0. The average Bonchev–Trinajstić information content (AvgIpc) is 3.28. The first kappa shape index (κ1) is 20.5. The molecule has 166 valence electrons. The van der Waals surface area contributed by atoms with E-state index in [1.54, 1.807) is 0 Å². The van der Waals surface area contributed by atoms with Crippen molar-refractivity contribution in [3.05, 3.63) is 126 Å². The van der Waals surface area contributed by atoms with Crippen molar-refractivity contribution >= 4 is 81.7 Å². The Morgan fingerprint density at radius 2 is 1.14 bits per heavy atom. The van der Waals surface area contributed by atoms with Gasteiger partial charge in [-0.1, -0.05) is 78.3 Å². The van der Waals surface area contributed by atoms with Gasteiger partial charge in [0.1, 0.15) is 0 Å². The van der Waals surface area contributed by atoms with Crippen molar-refractivity contribution in [3.8, 4) is 0 Å². The van der Waals surface area contributed by atoms with E-state index in [1.807, 2.05) is 23.5 Å². The van der Waals surface area contributed by atoms with Crippen molar-refractivity contribution in [3.63, 3.8) is 0 Å². The van der Waals surface area contributed by atoms with Crippen LogP contribution in [0.2, 0.25) is 5.02 Å². The van der Waals surface area contributed by atoms with E-state index in [0.717, 1.165) is 21.8 Å². The largest absolute Gasteiger partial charge is 0.308 e. The molecule has 0 radical (unpaired) electrons. The Morgan fingerprint density at radius 1 is 0.543 bits per heavy atom. The van der Waals surface area contributed by atoms with Gasteiger partial charge in [-0.05, 0) is 70.8 Å². The molecule has 0 aliphatic rings. The summed E-state index contributed by atoms with van der Waals surface area (Å²) in [6, 6.07) is 43.0. The molecule has 1 heterocycles. The lowest BCUT2D eigenvalue weighted by Gasteiger charge is -2.27. The summed E-state index contributed by atoms with van der Waals surface area (Å²) in [6.45, 7) is 0. The maximum Gasteiger partial charge on any atom is 0.0718 e. The van der Waals surface area contributed by atoms with Gasteiger partial charge in [0.05, 0.1) is 10.4 Å². The summed E-state index contributed by atoms with van der Waals surface area (Å²) in [5.41, 5.74) is 3.45. The zero-order chi connectivity index (χ0) is 23.4. The van der Waals surface area contributed by atoms with Gasteiger partial charge in [0.15, 0.2) is 0 Å². The van der Waals surface area contributed by atoms with E-state index >= 15 is 0 Å². The summed E-state index contributed by atoms with van der Waals surface area (Å²) in [6.07, 6.45) is 0. The molecular formula is C32H20ClNS. The van der Waals surface area contributed by atoms with Gasteiger partial charge in [-0.25, -0.2) is 0 Å². The number of benzene rings is 6. The molecule has 0 spiro atoms. The average molecular weight is 486 g/mol. The van der Waals surface area contributed by atoms with Crippen molar-refractivity contribution < 1.29 is 0 Å². The molecule has 1 aromatic heterocycles. The molecule has 0 atom stereocenters. The highest BCUT2D eigenvalue weighted by Gasteiger charge is 2.22. The Morgan fingerprint density at radius 3 is 1.83 bits per heavy atom. The molecule has 0 aliphatic carbocycles. The summed E-state index contributed by atoms with van der Waals surface area (Å²) in [4.78, 5) is 2.39. The van der Waals surface area contributed by atoms with Crippen molar-refractivity contribution in [1.82, 2.24) is 0 Å². The van der Waals surface area contributed by atoms with Crippen LogP contribution in [0.1, 0.15) is 0 Å². The van der Waals surface area contributed by atoms with Crippen LogP contribution < -0.4 is 4.90 Å². The molecule has 7 aromatic rings. The second-order valence-electron chi connectivity index (χ2n) is 8.74. The molecule has 0 aliphatic heterocycles. The Hall–Kier alpha value is -3.85. The third-order valence-electron chi connectivity index (χ3n) is 6.64. The number of halogens is 1. The molecule has 0 saturated carbocycles. The fourth-order valence-corrected chi connectivity index (χ4v) is 6.68. The molecule has 0 bridgehead atoms. The van der Waals surface area contributed by atoms with Gasteiger partial charge in [-0.2, -0.15) is 0 Å². The SMILES string of the molecule is Clc1cccc2sc3c(N(c4ccccc4)c4ccccc4)c4cc5ccccc5cc4cc3c12. The number of thiophene rings is 1. The third kappa shape index (κ3) is 3.30. The number of nitrogens with zero attached hydrogens (tertiary/aromatic N) is 1. The zero-order valence-corrected chi connectivity index (χ0v) is 20.4. The number of fused-ring (bicyclic) bond motifs is 5. The highest BCUT2D eigenvalue weighted by Crippen LogP contribution is 2.50. The fourth-order valence-electron chi connectivity index (χ4n) is 5.09. The smallest absolute Gasteiger partial charge is 0.0718 e. The van der Waals surface area contributed by atoms with E-state index in [9.17, 15) is 0 Å². The van der Waals surface area contributed by atoms with Gasteiger partial charge in [-0.3, -0.25) is 0 Å². The number of para-hydroxylation sites is 2. The van der Waals surface area contributed by atoms with Gasteiger partial charge < -0.3 is 4.90 Å². The lowest BCUT2D eigenvalue weighted by molar-refractivity contribution is 1.31. The van der Waals surface area contributed by atoms with Gasteiger partial charge in [-0.15, -0.1) is 11.3 Å². The maximum absolute atomic E-state index is 6.78. The summed E-state index contributed by atoms with van der Waals surface area (Å²) < 4.78 is 2.44. The molecule has 0 unspecified atom stereocenters. The van der Waals surface area contributed by atoms with Crippen LogP contribution in [-0.2, 0) is 0 Å². The Bertz CT molecular complexity index is 1820. The van der Waals surface area contributed by atoms with Gasteiger partial charge >= 0.3 is 0 Å². The highest BCUT2D eigenvalue weighted by molar-refractivity contribution is 7.26.